The first-order valence-electron chi connectivity index (χ1n) is 11.6. The summed E-state index contributed by atoms with van der Waals surface area (Å²) < 4.78 is 0. The molecular weight excluding hydrogens is 336 g/mol. The van der Waals surface area contributed by atoms with Crippen molar-refractivity contribution in [2.75, 3.05) is 0 Å². The fourth-order valence-corrected chi connectivity index (χ4v) is 4.32. The number of allylic oxidation sites excluding steroid dienone is 6. The molecule has 0 aliphatic heterocycles. The second-order valence-electron chi connectivity index (χ2n) is 11.1. The Labute approximate surface area is 177 Å². The van der Waals surface area contributed by atoms with Gasteiger partial charge in [0, 0.05) is 0 Å². The van der Waals surface area contributed by atoms with Crippen molar-refractivity contribution in [3.05, 3.63) is 48.1 Å². The highest BCUT2D eigenvalue weighted by atomic mass is 14.4. The Morgan fingerprint density at radius 2 is 1.93 bits per heavy atom. The summed E-state index contributed by atoms with van der Waals surface area (Å²) in [7, 11) is 0. The third-order valence-electron chi connectivity index (χ3n) is 6.58. The maximum absolute atomic E-state index is 4.43. The van der Waals surface area contributed by atoms with E-state index in [0.717, 1.165) is 25.2 Å². The van der Waals surface area contributed by atoms with Crippen LogP contribution in [0.5, 0.6) is 0 Å². The van der Waals surface area contributed by atoms with Gasteiger partial charge in [-0.25, -0.2) is 0 Å². The van der Waals surface area contributed by atoms with Gasteiger partial charge in [-0.3, -0.25) is 0 Å². The molecule has 1 aliphatic carbocycles. The lowest BCUT2D eigenvalue weighted by molar-refractivity contribution is 0.187. The Kier molecular flexibility index (Phi) is 10.0. The van der Waals surface area contributed by atoms with Crippen molar-refractivity contribution in [3.63, 3.8) is 0 Å². The normalized spacial score (nSPS) is 20.9. The molecule has 28 heavy (non-hydrogen) atoms. The van der Waals surface area contributed by atoms with E-state index in [-0.39, 0.29) is 5.41 Å². The van der Waals surface area contributed by atoms with Crippen molar-refractivity contribution >= 4 is 0 Å². The topological polar surface area (TPSA) is 0 Å². The molecule has 0 spiro atoms. The van der Waals surface area contributed by atoms with Crippen LogP contribution in [0.1, 0.15) is 106 Å². The predicted molar refractivity (Wildman–Crippen MR) is 129 cm³/mol. The van der Waals surface area contributed by atoms with Gasteiger partial charge in [-0.15, -0.1) is 0 Å². The van der Waals surface area contributed by atoms with Crippen molar-refractivity contribution in [3.8, 4) is 0 Å². The van der Waals surface area contributed by atoms with Crippen LogP contribution in [0.4, 0.5) is 0 Å². The molecule has 0 heteroatoms. The van der Waals surface area contributed by atoms with Gasteiger partial charge in [0.1, 0.15) is 0 Å². The Morgan fingerprint density at radius 1 is 1.25 bits per heavy atom. The second-order valence-corrected chi connectivity index (χ2v) is 11.1. The molecule has 0 amide bonds. The van der Waals surface area contributed by atoms with E-state index in [2.05, 4.69) is 79.9 Å². The van der Waals surface area contributed by atoms with E-state index >= 15 is 0 Å². The Bertz CT molecular complexity index is 565. The number of hydrogen-bond acceptors (Lipinski definition) is 0. The molecule has 0 N–H and O–H groups in total. The first-order chi connectivity index (χ1) is 12.9. The summed E-state index contributed by atoms with van der Waals surface area (Å²) in [5.41, 5.74) is 5.03. The lowest BCUT2D eigenvalue weighted by Crippen LogP contribution is -2.29. The minimum absolute atomic E-state index is 0.248. The van der Waals surface area contributed by atoms with Gasteiger partial charge in [0.05, 0.1) is 0 Å². The summed E-state index contributed by atoms with van der Waals surface area (Å²) in [6.45, 7) is 25.2. The summed E-state index contributed by atoms with van der Waals surface area (Å²) in [4.78, 5) is 0. The molecule has 1 fully saturated rings. The van der Waals surface area contributed by atoms with Gasteiger partial charge >= 0.3 is 0 Å². The molecule has 0 heterocycles. The maximum atomic E-state index is 4.43. The molecule has 1 rings (SSSR count). The first-order valence-corrected chi connectivity index (χ1v) is 11.6. The molecule has 1 aliphatic rings. The van der Waals surface area contributed by atoms with Gasteiger partial charge in [0.15, 0.2) is 0 Å². The van der Waals surface area contributed by atoms with Crippen LogP contribution in [0, 0.1) is 22.7 Å². The number of rotatable bonds is 11. The van der Waals surface area contributed by atoms with E-state index in [0.29, 0.717) is 11.3 Å². The molecule has 0 aromatic heterocycles. The molecule has 1 unspecified atom stereocenters. The Balaban J connectivity index is 2.42. The maximum Gasteiger partial charge on any atom is -0.0117 e. The van der Waals surface area contributed by atoms with Gasteiger partial charge in [-0.1, -0.05) is 89.6 Å². The molecule has 0 bridgehead atoms. The highest BCUT2D eigenvalue weighted by molar-refractivity contribution is 5.14. The minimum Gasteiger partial charge on any atom is -0.0998 e. The van der Waals surface area contributed by atoms with Gasteiger partial charge in [0.2, 0.25) is 0 Å². The van der Waals surface area contributed by atoms with Crippen molar-refractivity contribution in [2.24, 2.45) is 22.7 Å². The molecule has 0 saturated heterocycles. The van der Waals surface area contributed by atoms with Crippen molar-refractivity contribution in [1.29, 1.82) is 0 Å². The molecule has 1 atom stereocenters. The van der Waals surface area contributed by atoms with Gasteiger partial charge < -0.3 is 0 Å². The summed E-state index contributed by atoms with van der Waals surface area (Å²) in [6, 6.07) is 0. The van der Waals surface area contributed by atoms with Crippen LogP contribution in [0.25, 0.3) is 0 Å². The first kappa shape index (κ1) is 25.0. The molecule has 160 valence electrons. The van der Waals surface area contributed by atoms with Crippen molar-refractivity contribution < 1.29 is 0 Å². The fourth-order valence-electron chi connectivity index (χ4n) is 4.32. The van der Waals surface area contributed by atoms with Gasteiger partial charge in [0.25, 0.3) is 0 Å². The summed E-state index contributed by atoms with van der Waals surface area (Å²) in [5, 5.41) is 0. The third-order valence-corrected chi connectivity index (χ3v) is 6.58. The van der Waals surface area contributed by atoms with Crippen LogP contribution >= 0.6 is 0 Å². The van der Waals surface area contributed by atoms with E-state index in [1.165, 1.54) is 55.2 Å². The minimum atomic E-state index is 0.248. The zero-order valence-electron chi connectivity index (χ0n) is 20.2. The molecule has 0 aromatic rings. The molecule has 0 nitrogen and oxygen atoms in total. The van der Waals surface area contributed by atoms with E-state index in [9.17, 15) is 0 Å². The largest absolute Gasteiger partial charge is 0.0998 e. The van der Waals surface area contributed by atoms with Crippen LogP contribution < -0.4 is 0 Å². The molecule has 0 aromatic carbocycles. The summed E-state index contributed by atoms with van der Waals surface area (Å²) in [6.07, 6.45) is 18.1. The van der Waals surface area contributed by atoms with E-state index < -0.39 is 0 Å². The van der Waals surface area contributed by atoms with Crippen LogP contribution in [0.3, 0.4) is 0 Å². The van der Waals surface area contributed by atoms with Crippen molar-refractivity contribution in [1.82, 2.24) is 0 Å². The van der Waals surface area contributed by atoms with Gasteiger partial charge in [-0.2, -0.15) is 0 Å². The smallest absolute Gasteiger partial charge is 0.0117 e. The predicted octanol–water partition coefficient (Wildman–Crippen LogP) is 9.45. The molecule has 1 saturated carbocycles. The van der Waals surface area contributed by atoms with Crippen LogP contribution in [-0.2, 0) is 0 Å². The zero-order chi connectivity index (χ0) is 21.4. The highest BCUT2D eigenvalue weighted by Gasteiger charge is 2.34. The van der Waals surface area contributed by atoms with E-state index in [4.69, 9.17) is 0 Å². The Morgan fingerprint density at radius 3 is 2.54 bits per heavy atom. The van der Waals surface area contributed by atoms with Crippen LogP contribution in [-0.4, -0.2) is 0 Å². The van der Waals surface area contributed by atoms with E-state index in [1.54, 1.807) is 0 Å². The van der Waals surface area contributed by atoms with Crippen LogP contribution in [0.2, 0.25) is 0 Å². The summed E-state index contributed by atoms with van der Waals surface area (Å²) >= 11 is 0. The number of hydrogen-bond donors (Lipinski definition) is 0. The quantitative estimate of drug-likeness (QED) is 0.311. The average Bonchev–Trinajstić information content (AvgIpc) is 2.58. The lowest BCUT2D eigenvalue weighted by atomic mass is 9.64. The SMILES string of the molecule is C=C(CCC(C)(C)/C=C/CC/C(C)=C\CC(C)C)CC1C(=C)CCCC1(C)C. The fraction of sp³-hybridized carbons (Fsp3) is 0.714. The summed E-state index contributed by atoms with van der Waals surface area (Å²) in [5.74, 6) is 1.38. The van der Waals surface area contributed by atoms with Gasteiger partial charge in [-0.05, 0) is 87.4 Å². The average molecular weight is 385 g/mol. The zero-order valence-corrected chi connectivity index (χ0v) is 20.2. The highest BCUT2D eigenvalue weighted by Crippen LogP contribution is 2.46. The second kappa shape index (κ2) is 11.2. The molecule has 0 radical (unpaired) electrons. The van der Waals surface area contributed by atoms with Crippen LogP contribution in [0.15, 0.2) is 48.1 Å². The van der Waals surface area contributed by atoms with Crippen molar-refractivity contribution in [2.45, 2.75) is 106 Å². The lowest BCUT2D eigenvalue weighted by Gasteiger charge is -2.41. The molecular formula is C28H48. The monoisotopic (exact) mass is 384 g/mol. The third kappa shape index (κ3) is 9.44. The van der Waals surface area contributed by atoms with E-state index in [1.807, 2.05) is 0 Å². The Hall–Kier alpha value is -1.04. The standard InChI is InChI=1S/C28H48/c1-22(2)15-16-23(3)13-10-11-18-27(6,7)20-17-24(4)21-26-25(5)14-12-19-28(26,8)9/h11,16,18,22,26H,4-5,10,12-15,17,19-21H2,1-3,6-9H3/b18-11+,23-16-.